The van der Waals surface area contributed by atoms with Gasteiger partial charge in [-0.2, -0.15) is 8.78 Å². The predicted molar refractivity (Wildman–Crippen MR) is 114 cm³/mol. The summed E-state index contributed by atoms with van der Waals surface area (Å²) in [5.41, 5.74) is 0.389. The van der Waals surface area contributed by atoms with Crippen LogP contribution in [0.4, 0.5) is 14.5 Å². The number of carbonyl (C=O) groups excluding carboxylic acids is 1. The zero-order valence-corrected chi connectivity index (χ0v) is 18.0. The smallest absolute Gasteiger partial charge is 0.319 e. The summed E-state index contributed by atoms with van der Waals surface area (Å²) in [4.78, 5) is 16.3. The van der Waals surface area contributed by atoms with Crippen LogP contribution < -0.4 is 19.5 Å². The summed E-state index contributed by atoms with van der Waals surface area (Å²) in [6.07, 6.45) is 2.54. The van der Waals surface area contributed by atoms with Crippen LogP contribution in [0.3, 0.4) is 0 Å². The highest BCUT2D eigenvalue weighted by molar-refractivity contribution is 7.92. The lowest BCUT2D eigenvalue weighted by molar-refractivity contribution is 0.0670. The Labute approximate surface area is 188 Å². The van der Waals surface area contributed by atoms with Gasteiger partial charge in [0, 0.05) is 42.7 Å². The molecule has 0 aliphatic carbocycles. The number of ether oxygens (including phenoxy) is 2. The summed E-state index contributed by atoms with van der Waals surface area (Å²) in [7, 11) is -3.95. The minimum atomic E-state index is -3.95. The standard InChI is InChI=1S/C21H20F2N4O5S/c22-21(23)27-9-8-24-19(27)6-7-25-20(28)14-2-1-3-15(12-14)26-33(29,30)16-4-5-17-18(13-16)32-11-10-31-17/h1-5,8-9,12-13,21,26H,6-7,10-11H2,(H,25,28). The lowest BCUT2D eigenvalue weighted by Gasteiger charge is -2.19. The molecule has 1 amide bonds. The number of imidazole rings is 1. The van der Waals surface area contributed by atoms with E-state index in [1.54, 1.807) is 0 Å². The third-order valence-electron chi connectivity index (χ3n) is 4.79. The van der Waals surface area contributed by atoms with Crippen LogP contribution >= 0.6 is 0 Å². The van der Waals surface area contributed by atoms with Gasteiger partial charge in [0.1, 0.15) is 19.0 Å². The number of nitrogens with one attached hydrogen (secondary N) is 2. The molecule has 0 fully saturated rings. The first-order valence-corrected chi connectivity index (χ1v) is 11.4. The molecular weight excluding hydrogens is 458 g/mol. The third-order valence-corrected chi connectivity index (χ3v) is 6.17. The first kappa shape index (κ1) is 22.5. The lowest BCUT2D eigenvalue weighted by atomic mass is 10.2. The Morgan fingerprint density at radius 2 is 1.91 bits per heavy atom. The van der Waals surface area contributed by atoms with E-state index in [1.165, 1.54) is 54.9 Å². The Morgan fingerprint density at radius 1 is 1.12 bits per heavy atom. The number of alkyl halides is 2. The number of fused-ring (bicyclic) bond motifs is 1. The Bertz CT molecular complexity index is 1260. The maximum atomic E-state index is 12.9. The maximum absolute atomic E-state index is 12.9. The van der Waals surface area contributed by atoms with E-state index in [4.69, 9.17) is 9.47 Å². The van der Waals surface area contributed by atoms with Gasteiger partial charge >= 0.3 is 6.55 Å². The fraction of sp³-hybridized carbons (Fsp3) is 0.238. The summed E-state index contributed by atoms with van der Waals surface area (Å²) < 4.78 is 65.3. The SMILES string of the molecule is O=C(NCCc1nccn1C(F)F)c1cccc(NS(=O)(=O)c2ccc3c(c2)OCCO3)c1. The number of aromatic nitrogens is 2. The van der Waals surface area contributed by atoms with E-state index in [9.17, 15) is 22.0 Å². The number of carbonyl (C=O) groups is 1. The van der Waals surface area contributed by atoms with Crippen LogP contribution in [0, 0.1) is 0 Å². The molecule has 0 radical (unpaired) electrons. The van der Waals surface area contributed by atoms with Gasteiger partial charge in [0.15, 0.2) is 11.5 Å². The average molecular weight is 478 g/mol. The summed E-state index contributed by atoms with van der Waals surface area (Å²) in [5.74, 6) is 0.469. The molecule has 0 saturated carbocycles. The fourth-order valence-electron chi connectivity index (χ4n) is 3.23. The first-order chi connectivity index (χ1) is 15.8. The Morgan fingerprint density at radius 3 is 2.70 bits per heavy atom. The van der Waals surface area contributed by atoms with Crippen molar-refractivity contribution >= 4 is 21.6 Å². The van der Waals surface area contributed by atoms with Crippen molar-refractivity contribution in [3.63, 3.8) is 0 Å². The molecule has 0 bridgehead atoms. The van der Waals surface area contributed by atoms with E-state index in [0.29, 0.717) is 24.7 Å². The van der Waals surface area contributed by atoms with Gasteiger partial charge in [-0.15, -0.1) is 0 Å². The highest BCUT2D eigenvalue weighted by atomic mass is 32.2. The van der Waals surface area contributed by atoms with Crippen LogP contribution in [-0.4, -0.2) is 43.6 Å². The molecule has 0 saturated heterocycles. The zero-order valence-electron chi connectivity index (χ0n) is 17.2. The van der Waals surface area contributed by atoms with E-state index >= 15 is 0 Å². The van der Waals surface area contributed by atoms with Gasteiger partial charge < -0.3 is 14.8 Å². The van der Waals surface area contributed by atoms with Crippen LogP contribution in [0.25, 0.3) is 0 Å². The number of rotatable bonds is 8. The maximum Gasteiger partial charge on any atom is 0.319 e. The van der Waals surface area contributed by atoms with Gasteiger partial charge in [-0.3, -0.25) is 14.1 Å². The van der Waals surface area contributed by atoms with E-state index in [2.05, 4.69) is 15.0 Å². The summed E-state index contributed by atoms with van der Waals surface area (Å²) in [6.45, 7) is -1.92. The number of hydrogen-bond acceptors (Lipinski definition) is 6. The summed E-state index contributed by atoms with van der Waals surface area (Å²) in [5, 5.41) is 2.61. The highest BCUT2D eigenvalue weighted by Gasteiger charge is 2.20. The van der Waals surface area contributed by atoms with Gasteiger partial charge in [-0.25, -0.2) is 13.4 Å². The molecule has 2 aromatic carbocycles. The molecule has 1 aliphatic rings. The van der Waals surface area contributed by atoms with Gasteiger partial charge in [-0.1, -0.05) is 6.07 Å². The van der Waals surface area contributed by atoms with Crippen molar-refractivity contribution in [1.29, 1.82) is 0 Å². The van der Waals surface area contributed by atoms with E-state index in [1.807, 2.05) is 0 Å². The van der Waals surface area contributed by atoms with Gasteiger partial charge in [0.25, 0.3) is 15.9 Å². The van der Waals surface area contributed by atoms with Crippen molar-refractivity contribution in [3.05, 3.63) is 66.2 Å². The quantitative estimate of drug-likeness (QED) is 0.515. The topological polar surface area (TPSA) is 112 Å². The molecule has 4 rings (SSSR count). The largest absolute Gasteiger partial charge is 0.486 e. The normalized spacial score (nSPS) is 13.1. The molecule has 0 unspecified atom stereocenters. The molecule has 1 aromatic heterocycles. The second-order valence-corrected chi connectivity index (χ2v) is 8.71. The number of anilines is 1. The third kappa shape index (κ3) is 5.22. The highest BCUT2D eigenvalue weighted by Crippen LogP contribution is 2.32. The van der Waals surface area contributed by atoms with Crippen molar-refractivity contribution in [3.8, 4) is 11.5 Å². The minimum absolute atomic E-state index is 0.0175. The molecule has 2 N–H and O–H groups in total. The number of halogens is 2. The lowest BCUT2D eigenvalue weighted by Crippen LogP contribution is -2.26. The van der Waals surface area contributed by atoms with Crippen LogP contribution in [0.2, 0.25) is 0 Å². The van der Waals surface area contributed by atoms with E-state index in [0.717, 1.165) is 4.57 Å². The predicted octanol–water partition coefficient (Wildman–Crippen LogP) is 2.82. The second kappa shape index (κ2) is 9.45. The number of amides is 1. The Balaban J connectivity index is 1.41. The molecule has 0 spiro atoms. The first-order valence-electron chi connectivity index (χ1n) is 9.94. The van der Waals surface area contributed by atoms with Crippen LogP contribution in [0.5, 0.6) is 11.5 Å². The minimum Gasteiger partial charge on any atom is -0.486 e. The van der Waals surface area contributed by atoms with Crippen molar-refractivity contribution in [2.75, 3.05) is 24.5 Å². The molecule has 2 heterocycles. The monoisotopic (exact) mass is 478 g/mol. The zero-order chi connectivity index (χ0) is 23.4. The number of benzene rings is 2. The second-order valence-electron chi connectivity index (χ2n) is 7.03. The van der Waals surface area contributed by atoms with Crippen molar-refractivity contribution in [2.45, 2.75) is 17.9 Å². The van der Waals surface area contributed by atoms with Crippen LogP contribution in [0.15, 0.2) is 59.8 Å². The molecule has 0 atom stereocenters. The van der Waals surface area contributed by atoms with E-state index < -0.39 is 22.5 Å². The molecule has 174 valence electrons. The molecular formula is C21H20F2N4O5S. The van der Waals surface area contributed by atoms with Gasteiger partial charge in [0.2, 0.25) is 0 Å². The number of hydrogen-bond donors (Lipinski definition) is 2. The number of nitrogens with zero attached hydrogens (tertiary/aromatic N) is 2. The van der Waals surface area contributed by atoms with E-state index in [-0.39, 0.29) is 34.9 Å². The molecule has 3 aromatic rings. The van der Waals surface area contributed by atoms with Crippen molar-refractivity contribution < 1.29 is 31.5 Å². The Hall–Kier alpha value is -3.67. The molecule has 33 heavy (non-hydrogen) atoms. The van der Waals surface area contributed by atoms with Crippen LogP contribution in [0.1, 0.15) is 22.7 Å². The van der Waals surface area contributed by atoms with Crippen molar-refractivity contribution in [2.24, 2.45) is 0 Å². The number of sulfonamides is 1. The van der Waals surface area contributed by atoms with Gasteiger partial charge in [-0.05, 0) is 30.3 Å². The van der Waals surface area contributed by atoms with Gasteiger partial charge in [0.05, 0.1) is 4.90 Å². The summed E-state index contributed by atoms with van der Waals surface area (Å²) in [6, 6.07) is 10.2. The molecule has 9 nitrogen and oxygen atoms in total. The molecule has 1 aliphatic heterocycles. The molecule has 12 heteroatoms. The summed E-state index contributed by atoms with van der Waals surface area (Å²) >= 11 is 0. The fourth-order valence-corrected chi connectivity index (χ4v) is 4.30. The average Bonchev–Trinajstić information content (AvgIpc) is 3.27. The van der Waals surface area contributed by atoms with Crippen LogP contribution in [-0.2, 0) is 16.4 Å². The van der Waals surface area contributed by atoms with Crippen molar-refractivity contribution in [1.82, 2.24) is 14.9 Å². The Kier molecular flexibility index (Phi) is 6.45.